The summed E-state index contributed by atoms with van der Waals surface area (Å²) < 4.78 is 94.3. The van der Waals surface area contributed by atoms with Crippen molar-refractivity contribution in [2.45, 2.75) is 86.9 Å². The summed E-state index contributed by atoms with van der Waals surface area (Å²) in [5.74, 6) is -9.45. The molecule has 0 radical (unpaired) electrons. The monoisotopic (exact) mass is 945 g/mol. The maximum atomic E-state index is 14.1. The quantitative estimate of drug-likeness (QED) is 0.0551. The molecule has 65 heavy (non-hydrogen) atoms. The van der Waals surface area contributed by atoms with Crippen LogP contribution in [0.15, 0.2) is 24.3 Å². The maximum Gasteiger partial charge on any atom is 0.534 e. The van der Waals surface area contributed by atoms with Gasteiger partial charge in [0.05, 0.1) is 36.5 Å². The lowest BCUT2D eigenvalue weighted by Gasteiger charge is -2.45. The molecule has 2 heterocycles. The summed E-state index contributed by atoms with van der Waals surface area (Å²) in [5, 5.41) is 102. The smallest absolute Gasteiger partial charge is 0.507 e. The fourth-order valence-corrected chi connectivity index (χ4v) is 8.41. The number of benzene rings is 3. The third kappa shape index (κ3) is 8.02. The number of alkyl halides is 3. The van der Waals surface area contributed by atoms with Gasteiger partial charge in [-0.1, -0.05) is 6.07 Å². The number of rotatable bonds is 9. The first-order valence-electron chi connectivity index (χ1n) is 19.1. The van der Waals surface area contributed by atoms with Gasteiger partial charge in [-0.2, -0.15) is 21.6 Å². The zero-order valence-corrected chi connectivity index (χ0v) is 34.4. The van der Waals surface area contributed by atoms with Crippen molar-refractivity contribution in [2.24, 2.45) is 0 Å². The van der Waals surface area contributed by atoms with Crippen molar-refractivity contribution in [3.63, 3.8) is 0 Å². The summed E-state index contributed by atoms with van der Waals surface area (Å²) in [7, 11) is -5.35. The van der Waals surface area contributed by atoms with E-state index < -0.39 is 187 Å². The van der Waals surface area contributed by atoms with Crippen molar-refractivity contribution in [1.29, 1.82) is 0 Å². The average Bonchev–Trinajstić information content (AvgIpc) is 3.22. The second-order valence-corrected chi connectivity index (χ2v) is 16.8. The molecule has 22 nitrogen and oxygen atoms in total. The lowest BCUT2D eigenvalue weighted by Crippen LogP contribution is -2.62. The highest BCUT2D eigenvalue weighted by Gasteiger charge is 2.52. The van der Waals surface area contributed by atoms with Crippen LogP contribution >= 0.6 is 0 Å². The van der Waals surface area contributed by atoms with Crippen LogP contribution in [0, 0.1) is 6.92 Å². The summed E-state index contributed by atoms with van der Waals surface area (Å²) in [4.78, 5) is 53.5. The summed E-state index contributed by atoms with van der Waals surface area (Å²) in [5.41, 5.74) is -12.2. The van der Waals surface area contributed by atoms with E-state index >= 15 is 0 Å². The highest BCUT2D eigenvalue weighted by atomic mass is 32.2. The highest BCUT2D eigenvalue weighted by molar-refractivity contribution is 7.88. The number of phenolic OH excluding ortho intramolecular Hbond substituents is 3. The second-order valence-electron chi connectivity index (χ2n) is 15.3. The molecule has 0 spiro atoms. The highest BCUT2D eigenvalue weighted by Crippen LogP contribution is 2.57. The van der Waals surface area contributed by atoms with Crippen LogP contribution in [0.5, 0.6) is 23.0 Å². The Morgan fingerprint density at radius 3 is 2.09 bits per heavy atom. The van der Waals surface area contributed by atoms with Crippen molar-refractivity contribution < 1.29 is 115 Å². The molecule has 3 aromatic rings. The van der Waals surface area contributed by atoms with Crippen LogP contribution in [0.3, 0.4) is 0 Å². The summed E-state index contributed by atoms with van der Waals surface area (Å²) in [6, 6.07) is 2.66. The van der Waals surface area contributed by atoms with Gasteiger partial charge in [0, 0.05) is 28.3 Å². The van der Waals surface area contributed by atoms with E-state index in [1.165, 1.54) is 13.8 Å². The molecule has 3 aromatic carbocycles. The van der Waals surface area contributed by atoms with Gasteiger partial charge in [-0.25, -0.2) is 0 Å². The van der Waals surface area contributed by atoms with E-state index in [0.29, 0.717) is 12.1 Å². The molecule has 10 N–H and O–H groups in total. The second kappa shape index (κ2) is 17.0. The number of esters is 1. The molecule has 0 aromatic heterocycles. The molecule has 352 valence electrons. The van der Waals surface area contributed by atoms with Crippen molar-refractivity contribution in [3.05, 3.63) is 68.8 Å². The van der Waals surface area contributed by atoms with Gasteiger partial charge in [0.2, 0.25) is 0 Å². The fraction of sp³-hybridized carbons (Fsp3) is 0.436. The summed E-state index contributed by atoms with van der Waals surface area (Å²) in [6.07, 6.45) is -19.5. The molecular formula is C39H38F3NO21S. The molecule has 2 saturated heterocycles. The largest absolute Gasteiger partial charge is 0.534 e. The zero-order chi connectivity index (χ0) is 47.9. The molecule has 0 unspecified atom stereocenters. The van der Waals surface area contributed by atoms with Crippen LogP contribution in [0.4, 0.5) is 13.2 Å². The van der Waals surface area contributed by atoms with Crippen molar-refractivity contribution >= 4 is 33.6 Å². The van der Waals surface area contributed by atoms with Crippen LogP contribution < -0.4 is 9.50 Å². The Labute approximate surface area is 363 Å². The Morgan fingerprint density at radius 2 is 1.45 bits per heavy atom. The number of halogens is 3. The number of carbonyl (C=O) groups is 4. The van der Waals surface area contributed by atoms with E-state index in [1.807, 2.05) is 0 Å². The number of hydrogen-bond donors (Lipinski definition) is 10. The van der Waals surface area contributed by atoms with Gasteiger partial charge in [-0.15, -0.1) is 0 Å². The van der Waals surface area contributed by atoms with Crippen LogP contribution in [0.2, 0.25) is 0 Å². The van der Waals surface area contributed by atoms with E-state index in [0.717, 1.165) is 19.2 Å². The predicted octanol–water partition coefficient (Wildman–Crippen LogP) is -0.919. The van der Waals surface area contributed by atoms with Gasteiger partial charge >= 0.3 is 21.6 Å². The number of aromatic hydroxyl groups is 3. The minimum atomic E-state index is -6.38. The molecule has 2 aliphatic heterocycles. The Hall–Kier alpha value is -5.52. The minimum Gasteiger partial charge on any atom is -0.507 e. The van der Waals surface area contributed by atoms with Gasteiger partial charge in [0.25, 0.3) is 5.91 Å². The number of aliphatic hydroxyl groups excluding tert-OH is 6. The SMILES string of the molecule is COC(=O)CNC(=O)c1c(C)cc2c(c1O)-c1c(cc3c(c1O)C(=O)c1cc(OS(=O)(=O)C(F)(F)F)cc(O)c1C3=O)[C@H](O)[C@H]2O[C@@H]1O[C@H](C)[C@H](O)[C@H](O[C@@H]2OC[C@@H](O)[C@H](O)[C@H]2O)[C@H]1O. The zero-order valence-electron chi connectivity index (χ0n) is 33.5. The van der Waals surface area contributed by atoms with Gasteiger partial charge in [0.15, 0.2) is 24.1 Å². The summed E-state index contributed by atoms with van der Waals surface area (Å²) in [6.45, 7) is 1.36. The van der Waals surface area contributed by atoms with E-state index in [2.05, 4.69) is 14.2 Å². The van der Waals surface area contributed by atoms with Gasteiger partial charge in [-0.3, -0.25) is 19.2 Å². The van der Waals surface area contributed by atoms with Crippen LogP contribution in [-0.4, -0.2) is 159 Å². The minimum absolute atomic E-state index is 0.0818. The number of ether oxygens (including phenoxy) is 5. The lowest BCUT2D eigenvalue weighted by atomic mass is 9.74. The first-order chi connectivity index (χ1) is 30.3. The standard InChI is InChI=1S/C39H38F3NO21S/c1-10-4-16-23(30(52)20(10)36(56)43-8-19(46)59-3)22-14(28(50)34(16)62-38-33(55)35(25(47)11(2)61-38)63-37-32(54)29(51)18(45)9-60-37)7-15-24(31(22)53)27(49)13-5-12(6-17(44)21(13)26(15)48)64-65(57,58)39(40,41)42/h4-7,11,18,25,28-29,32-35,37-38,44-45,47,50-55H,8-9H2,1-3H3,(H,43,56)/t11-,18-,25+,28+,29+,32-,33-,34+,35+,37+,38+/m1/s1. The first-order valence-corrected chi connectivity index (χ1v) is 20.5. The van der Waals surface area contributed by atoms with Gasteiger partial charge in [-0.05, 0) is 42.7 Å². The number of aliphatic hydroxyl groups is 6. The normalized spacial score (nSPS) is 28.6. The molecule has 11 atom stereocenters. The molecule has 2 fully saturated rings. The molecule has 0 bridgehead atoms. The van der Waals surface area contributed by atoms with E-state index in [9.17, 15) is 86.7 Å². The van der Waals surface area contributed by atoms with E-state index in [1.54, 1.807) is 0 Å². The Morgan fingerprint density at radius 1 is 0.815 bits per heavy atom. The number of carbonyl (C=O) groups excluding carboxylic acids is 4. The number of hydrogen-bond acceptors (Lipinski definition) is 21. The molecule has 26 heteroatoms. The number of nitrogens with one attached hydrogen (secondary N) is 1. The van der Waals surface area contributed by atoms with E-state index in [-0.39, 0.29) is 11.1 Å². The number of methoxy groups -OCH3 is 1. The molecule has 4 aliphatic rings. The number of ketones is 2. The Balaban J connectivity index is 1.35. The van der Waals surface area contributed by atoms with Crippen molar-refractivity contribution in [2.75, 3.05) is 20.3 Å². The van der Waals surface area contributed by atoms with Gasteiger partial charge < -0.3 is 79.1 Å². The van der Waals surface area contributed by atoms with Crippen LogP contribution in [-0.2, 0) is 38.6 Å². The predicted molar refractivity (Wildman–Crippen MR) is 203 cm³/mol. The lowest BCUT2D eigenvalue weighted by molar-refractivity contribution is -0.353. The Kier molecular flexibility index (Phi) is 12.4. The molecule has 0 saturated carbocycles. The van der Waals surface area contributed by atoms with Gasteiger partial charge in [0.1, 0.15) is 78.4 Å². The summed E-state index contributed by atoms with van der Waals surface area (Å²) >= 11 is 0. The molecule has 7 rings (SSSR count). The number of amides is 1. The van der Waals surface area contributed by atoms with Crippen LogP contribution in [0.1, 0.15) is 78.0 Å². The van der Waals surface area contributed by atoms with E-state index in [4.69, 9.17) is 18.9 Å². The van der Waals surface area contributed by atoms with Crippen molar-refractivity contribution in [1.82, 2.24) is 5.32 Å². The molecule has 1 amide bonds. The third-order valence-electron chi connectivity index (χ3n) is 11.2. The topological polar surface area (TPSA) is 352 Å². The number of fused-ring (bicyclic) bond motifs is 5. The number of aryl methyl sites for hydroxylation is 1. The first kappa shape index (κ1) is 47.4. The third-order valence-corrected chi connectivity index (χ3v) is 12.2. The molecular weight excluding hydrogens is 907 g/mol. The fourth-order valence-electron chi connectivity index (χ4n) is 7.97. The average molecular weight is 946 g/mol. The maximum absolute atomic E-state index is 14.1. The Bertz CT molecular complexity index is 2600. The molecule has 2 aliphatic carbocycles. The van der Waals surface area contributed by atoms with Crippen LogP contribution in [0.25, 0.3) is 11.1 Å². The van der Waals surface area contributed by atoms with Crippen molar-refractivity contribution in [3.8, 4) is 34.1 Å². The number of phenols is 3.